The zero-order chi connectivity index (χ0) is 22.2. The van der Waals surface area contributed by atoms with Crippen LogP contribution in [0.25, 0.3) is 0 Å². The van der Waals surface area contributed by atoms with E-state index < -0.39 is 0 Å². The predicted molar refractivity (Wildman–Crippen MR) is 143 cm³/mol. The second-order valence-corrected chi connectivity index (χ2v) is 10.1. The van der Waals surface area contributed by atoms with Gasteiger partial charge < -0.3 is 25.2 Å². The Balaban J connectivity index is 0.00000306. The first-order valence-electron chi connectivity index (χ1n) is 13.0. The van der Waals surface area contributed by atoms with Gasteiger partial charge in [0.2, 0.25) is 5.91 Å². The molecule has 4 rings (SSSR count). The Morgan fingerprint density at radius 2 is 1.70 bits per heavy atom. The molecule has 1 aliphatic carbocycles. The SMILES string of the molecule is CN=C(NCCN1CCN(C(=O)C2CCCC2)CC1)NC1CCN(CC2CCOC2)CC1.I. The molecular weight excluding hydrogens is 531 g/mol. The first kappa shape index (κ1) is 26.9. The van der Waals surface area contributed by atoms with Gasteiger partial charge in [0.25, 0.3) is 0 Å². The number of hydrogen-bond donors (Lipinski definition) is 2. The predicted octanol–water partition coefficient (Wildman–Crippen LogP) is 1.60. The second kappa shape index (κ2) is 14.0. The van der Waals surface area contributed by atoms with Crippen LogP contribution in [0.4, 0.5) is 0 Å². The summed E-state index contributed by atoms with van der Waals surface area (Å²) in [5.74, 6) is 2.37. The molecule has 1 saturated carbocycles. The summed E-state index contributed by atoms with van der Waals surface area (Å²) in [4.78, 5) is 24.2. The number of piperidine rings is 1. The number of halogens is 1. The topological polar surface area (TPSA) is 72.4 Å². The highest BCUT2D eigenvalue weighted by Crippen LogP contribution is 2.26. The van der Waals surface area contributed by atoms with Crippen LogP contribution < -0.4 is 10.6 Å². The van der Waals surface area contributed by atoms with Crippen molar-refractivity contribution in [3.8, 4) is 0 Å². The second-order valence-electron chi connectivity index (χ2n) is 10.1. The summed E-state index contributed by atoms with van der Waals surface area (Å²) in [6.45, 7) is 11.0. The van der Waals surface area contributed by atoms with Crippen molar-refractivity contribution in [3.05, 3.63) is 0 Å². The molecule has 33 heavy (non-hydrogen) atoms. The highest BCUT2D eigenvalue weighted by atomic mass is 127. The summed E-state index contributed by atoms with van der Waals surface area (Å²) in [6.07, 6.45) is 8.23. The van der Waals surface area contributed by atoms with Crippen LogP contribution in [0.1, 0.15) is 44.9 Å². The Morgan fingerprint density at radius 1 is 0.970 bits per heavy atom. The summed E-state index contributed by atoms with van der Waals surface area (Å²) in [5, 5.41) is 7.13. The highest BCUT2D eigenvalue weighted by Gasteiger charge is 2.29. The number of nitrogens with zero attached hydrogens (tertiary/aromatic N) is 4. The van der Waals surface area contributed by atoms with Crippen molar-refractivity contribution >= 4 is 35.8 Å². The smallest absolute Gasteiger partial charge is 0.225 e. The number of likely N-dealkylation sites (tertiary alicyclic amines) is 1. The number of guanidine groups is 1. The molecule has 4 fully saturated rings. The lowest BCUT2D eigenvalue weighted by atomic mass is 10.0. The maximum absolute atomic E-state index is 12.6. The fourth-order valence-electron chi connectivity index (χ4n) is 5.70. The van der Waals surface area contributed by atoms with E-state index in [0.29, 0.717) is 17.9 Å². The molecule has 0 radical (unpaired) electrons. The number of ether oxygens (including phenoxy) is 1. The molecule has 3 saturated heterocycles. The van der Waals surface area contributed by atoms with E-state index in [0.717, 1.165) is 90.3 Å². The highest BCUT2D eigenvalue weighted by molar-refractivity contribution is 14.0. The minimum absolute atomic E-state index is 0. The molecule has 1 amide bonds. The van der Waals surface area contributed by atoms with Crippen molar-refractivity contribution in [2.75, 3.05) is 79.2 Å². The van der Waals surface area contributed by atoms with E-state index in [2.05, 4.69) is 30.3 Å². The average molecular weight is 577 g/mol. The standard InChI is InChI=1S/C24H44N6O2.HI/c1-25-24(27-22-6-10-29(11-7-22)18-20-8-17-32-19-20)26-9-12-28-13-15-30(16-14-28)23(31)21-4-2-3-5-21;/h20-22H,2-19H2,1H3,(H2,25,26,27);1H. The van der Waals surface area contributed by atoms with Crippen LogP contribution in [0.15, 0.2) is 4.99 Å². The summed E-state index contributed by atoms with van der Waals surface area (Å²) < 4.78 is 5.52. The number of nitrogens with one attached hydrogen (secondary N) is 2. The monoisotopic (exact) mass is 576 g/mol. The van der Waals surface area contributed by atoms with E-state index in [9.17, 15) is 4.79 Å². The van der Waals surface area contributed by atoms with Crippen molar-refractivity contribution in [3.63, 3.8) is 0 Å². The molecule has 3 heterocycles. The van der Waals surface area contributed by atoms with Gasteiger partial charge in [0.15, 0.2) is 5.96 Å². The number of hydrogen-bond acceptors (Lipinski definition) is 5. The Labute approximate surface area is 217 Å². The minimum Gasteiger partial charge on any atom is -0.381 e. The Bertz CT molecular complexity index is 608. The Hall–Kier alpha value is -0.650. The van der Waals surface area contributed by atoms with Crippen LogP contribution in [-0.4, -0.2) is 112 Å². The minimum atomic E-state index is 0. The molecule has 9 heteroatoms. The summed E-state index contributed by atoms with van der Waals surface area (Å²) >= 11 is 0. The number of aliphatic imine (C=N–C) groups is 1. The maximum atomic E-state index is 12.6. The lowest BCUT2D eigenvalue weighted by molar-refractivity contribution is -0.137. The van der Waals surface area contributed by atoms with Crippen molar-refractivity contribution in [1.29, 1.82) is 0 Å². The Morgan fingerprint density at radius 3 is 2.33 bits per heavy atom. The fraction of sp³-hybridized carbons (Fsp3) is 0.917. The number of rotatable bonds is 7. The third kappa shape index (κ3) is 8.21. The van der Waals surface area contributed by atoms with Crippen LogP contribution in [-0.2, 0) is 9.53 Å². The first-order valence-corrected chi connectivity index (χ1v) is 13.0. The van der Waals surface area contributed by atoms with Crippen LogP contribution in [0.5, 0.6) is 0 Å². The molecule has 3 aliphatic heterocycles. The molecule has 8 nitrogen and oxygen atoms in total. The molecule has 1 atom stereocenters. The zero-order valence-electron chi connectivity index (χ0n) is 20.5. The van der Waals surface area contributed by atoms with Crippen LogP contribution in [0, 0.1) is 11.8 Å². The van der Waals surface area contributed by atoms with E-state index in [-0.39, 0.29) is 24.0 Å². The van der Waals surface area contributed by atoms with Gasteiger partial charge in [-0.2, -0.15) is 0 Å². The van der Waals surface area contributed by atoms with Gasteiger partial charge >= 0.3 is 0 Å². The van der Waals surface area contributed by atoms with Gasteiger partial charge in [0.1, 0.15) is 0 Å². The van der Waals surface area contributed by atoms with E-state index in [1.807, 2.05) is 7.05 Å². The lowest BCUT2D eigenvalue weighted by Gasteiger charge is -2.36. The third-order valence-electron chi connectivity index (χ3n) is 7.80. The molecule has 2 N–H and O–H groups in total. The molecule has 4 aliphatic rings. The van der Waals surface area contributed by atoms with Crippen molar-refractivity contribution in [1.82, 2.24) is 25.3 Å². The molecule has 0 aromatic heterocycles. The molecule has 0 aromatic carbocycles. The first-order chi connectivity index (χ1) is 15.7. The van der Waals surface area contributed by atoms with Gasteiger partial charge in [-0.3, -0.25) is 14.7 Å². The molecule has 190 valence electrons. The van der Waals surface area contributed by atoms with Crippen molar-refractivity contribution in [2.45, 2.75) is 51.0 Å². The number of amides is 1. The van der Waals surface area contributed by atoms with Gasteiger partial charge in [-0.25, -0.2) is 0 Å². The van der Waals surface area contributed by atoms with E-state index in [4.69, 9.17) is 4.74 Å². The van der Waals surface area contributed by atoms with Gasteiger partial charge in [-0.15, -0.1) is 24.0 Å². The average Bonchev–Trinajstić information content (AvgIpc) is 3.54. The molecule has 1 unspecified atom stereocenters. The number of carbonyl (C=O) groups excluding carboxylic acids is 1. The molecular formula is C24H45IN6O2. The maximum Gasteiger partial charge on any atom is 0.225 e. The van der Waals surface area contributed by atoms with Crippen LogP contribution >= 0.6 is 24.0 Å². The van der Waals surface area contributed by atoms with Gasteiger partial charge in [-0.1, -0.05) is 12.8 Å². The summed E-state index contributed by atoms with van der Waals surface area (Å²) in [6, 6.07) is 0.502. The third-order valence-corrected chi connectivity index (χ3v) is 7.80. The quantitative estimate of drug-likeness (QED) is 0.273. The van der Waals surface area contributed by atoms with E-state index in [1.54, 1.807) is 0 Å². The van der Waals surface area contributed by atoms with Crippen LogP contribution in [0.2, 0.25) is 0 Å². The summed E-state index contributed by atoms with van der Waals surface area (Å²) in [5.41, 5.74) is 0. The summed E-state index contributed by atoms with van der Waals surface area (Å²) in [7, 11) is 1.86. The van der Waals surface area contributed by atoms with Crippen molar-refractivity contribution < 1.29 is 9.53 Å². The van der Waals surface area contributed by atoms with E-state index in [1.165, 1.54) is 38.6 Å². The normalized spacial score (nSPS) is 26.4. The molecule has 0 spiro atoms. The number of piperazine rings is 1. The van der Waals surface area contributed by atoms with E-state index >= 15 is 0 Å². The lowest BCUT2D eigenvalue weighted by Crippen LogP contribution is -2.53. The van der Waals surface area contributed by atoms with Crippen LogP contribution in [0.3, 0.4) is 0 Å². The number of carbonyl (C=O) groups is 1. The molecule has 0 aromatic rings. The van der Waals surface area contributed by atoms with Gasteiger partial charge in [-0.05, 0) is 38.0 Å². The van der Waals surface area contributed by atoms with Gasteiger partial charge in [0, 0.05) is 84.5 Å². The van der Waals surface area contributed by atoms with Gasteiger partial charge in [0.05, 0.1) is 6.61 Å². The fourth-order valence-corrected chi connectivity index (χ4v) is 5.70. The zero-order valence-corrected chi connectivity index (χ0v) is 22.8. The van der Waals surface area contributed by atoms with Crippen molar-refractivity contribution in [2.24, 2.45) is 16.8 Å². The Kier molecular flexibility index (Phi) is 11.5. The largest absolute Gasteiger partial charge is 0.381 e. The molecule has 0 bridgehead atoms.